The number of rotatable bonds is 2. The Morgan fingerprint density at radius 3 is 2.45 bits per heavy atom. The Morgan fingerprint density at radius 2 is 1.77 bits per heavy atom. The van der Waals surface area contributed by atoms with Crippen LogP contribution in [0.1, 0.15) is 30.5 Å². The van der Waals surface area contributed by atoms with Gasteiger partial charge >= 0.3 is 0 Å². The summed E-state index contributed by atoms with van der Waals surface area (Å²) in [6.45, 7) is 6.04. The summed E-state index contributed by atoms with van der Waals surface area (Å²) in [5, 5.41) is 10.4. The molecule has 22 heavy (non-hydrogen) atoms. The molecule has 0 bridgehead atoms. The van der Waals surface area contributed by atoms with Crippen molar-refractivity contribution >= 4 is 5.57 Å². The number of phenolic OH excluding ortho intramolecular Hbond substituents is 1. The maximum absolute atomic E-state index is 10.4. The predicted molar refractivity (Wildman–Crippen MR) is 87.6 cm³/mol. The van der Waals surface area contributed by atoms with Crippen molar-refractivity contribution in [2.75, 3.05) is 7.11 Å². The molecule has 0 radical (unpaired) electrons. The quantitative estimate of drug-likeness (QED) is 0.897. The molecule has 0 fully saturated rings. The van der Waals surface area contributed by atoms with E-state index in [1.165, 1.54) is 12.7 Å². The number of hydrogen-bond donors (Lipinski definition) is 1. The topological polar surface area (TPSA) is 38.7 Å². The molecule has 0 atom stereocenters. The zero-order valence-electron chi connectivity index (χ0n) is 13.3. The summed E-state index contributed by atoms with van der Waals surface area (Å²) in [5.41, 5.74) is 3.78. The Bertz CT molecular complexity index is 757. The highest BCUT2D eigenvalue weighted by Gasteiger charge is 2.31. The van der Waals surface area contributed by atoms with Crippen LogP contribution in [0.2, 0.25) is 0 Å². The molecular formula is C19H20O3. The molecular weight excluding hydrogens is 276 g/mol. The average molecular weight is 296 g/mol. The summed E-state index contributed by atoms with van der Waals surface area (Å²) in [4.78, 5) is 0. The van der Waals surface area contributed by atoms with Gasteiger partial charge in [0.25, 0.3) is 0 Å². The third-order valence-electron chi connectivity index (χ3n) is 3.90. The molecule has 1 N–H and O–H groups in total. The number of hydrogen-bond acceptors (Lipinski definition) is 3. The van der Waals surface area contributed by atoms with Gasteiger partial charge in [0.1, 0.15) is 5.60 Å². The van der Waals surface area contributed by atoms with Crippen LogP contribution in [0.3, 0.4) is 0 Å². The van der Waals surface area contributed by atoms with E-state index in [0.717, 1.165) is 16.7 Å². The first-order valence-corrected chi connectivity index (χ1v) is 7.31. The number of methoxy groups -OCH3 is 1. The molecule has 3 heteroatoms. The minimum atomic E-state index is -0.505. The number of benzene rings is 2. The highest BCUT2D eigenvalue weighted by Crippen LogP contribution is 2.48. The fraction of sp³-hybridized carbons (Fsp3) is 0.263. The van der Waals surface area contributed by atoms with Crippen molar-refractivity contribution in [3.63, 3.8) is 0 Å². The monoisotopic (exact) mass is 296 g/mol. The van der Waals surface area contributed by atoms with Gasteiger partial charge in [0.05, 0.1) is 7.11 Å². The molecule has 0 saturated carbocycles. The van der Waals surface area contributed by atoms with Crippen LogP contribution in [0.15, 0.2) is 42.5 Å². The van der Waals surface area contributed by atoms with Gasteiger partial charge in [-0.25, -0.2) is 0 Å². The van der Waals surface area contributed by atoms with Gasteiger partial charge < -0.3 is 14.6 Å². The molecule has 1 aliphatic rings. The minimum Gasteiger partial charge on any atom is -0.502 e. The lowest BCUT2D eigenvalue weighted by molar-refractivity contribution is 0.150. The van der Waals surface area contributed by atoms with Gasteiger partial charge in [0.15, 0.2) is 11.5 Å². The van der Waals surface area contributed by atoms with Crippen LogP contribution in [0.25, 0.3) is 5.57 Å². The third kappa shape index (κ3) is 2.33. The number of fused-ring (bicyclic) bond motifs is 1. The van der Waals surface area contributed by atoms with E-state index in [9.17, 15) is 5.11 Å². The van der Waals surface area contributed by atoms with E-state index in [4.69, 9.17) is 9.47 Å². The van der Waals surface area contributed by atoms with Crippen LogP contribution in [-0.4, -0.2) is 17.8 Å². The smallest absolute Gasteiger partial charge is 0.201 e. The van der Waals surface area contributed by atoms with Crippen molar-refractivity contribution < 1.29 is 14.6 Å². The predicted octanol–water partition coefficient (Wildman–Crippen LogP) is 4.31. The van der Waals surface area contributed by atoms with Crippen molar-refractivity contribution in [1.82, 2.24) is 0 Å². The summed E-state index contributed by atoms with van der Waals surface area (Å²) >= 11 is 0. The summed E-state index contributed by atoms with van der Waals surface area (Å²) in [7, 11) is 1.54. The molecule has 3 nitrogen and oxygen atoms in total. The SMILES string of the molecule is COc1ccc2c(c1O)OC(C)(C)C=C2c1ccccc1C. The Hall–Kier alpha value is -2.42. The summed E-state index contributed by atoms with van der Waals surface area (Å²) in [6.07, 6.45) is 2.10. The Morgan fingerprint density at radius 1 is 1.05 bits per heavy atom. The lowest BCUT2D eigenvalue weighted by atomic mass is 9.88. The van der Waals surface area contributed by atoms with Crippen molar-refractivity contribution in [3.05, 3.63) is 59.2 Å². The largest absolute Gasteiger partial charge is 0.502 e. The first-order valence-electron chi connectivity index (χ1n) is 7.31. The van der Waals surface area contributed by atoms with Gasteiger partial charge in [-0.2, -0.15) is 0 Å². The number of phenols is 1. The summed E-state index contributed by atoms with van der Waals surface area (Å²) in [5.74, 6) is 0.943. The van der Waals surface area contributed by atoms with E-state index in [2.05, 4.69) is 25.1 Å². The Kier molecular flexibility index (Phi) is 3.36. The lowest BCUT2D eigenvalue weighted by Crippen LogP contribution is -2.29. The Balaban J connectivity index is 2.26. The van der Waals surface area contributed by atoms with E-state index in [1.807, 2.05) is 32.0 Å². The highest BCUT2D eigenvalue weighted by molar-refractivity contribution is 5.87. The van der Waals surface area contributed by atoms with Crippen LogP contribution in [0.4, 0.5) is 0 Å². The molecule has 0 spiro atoms. The van der Waals surface area contributed by atoms with Gasteiger partial charge in [-0.3, -0.25) is 0 Å². The molecule has 114 valence electrons. The Labute approximate surface area is 130 Å². The van der Waals surface area contributed by atoms with E-state index in [1.54, 1.807) is 6.07 Å². The molecule has 3 rings (SSSR count). The van der Waals surface area contributed by atoms with Crippen LogP contribution >= 0.6 is 0 Å². The molecule has 0 unspecified atom stereocenters. The second-order valence-electron chi connectivity index (χ2n) is 6.07. The van der Waals surface area contributed by atoms with Crippen molar-refractivity contribution in [3.8, 4) is 17.2 Å². The van der Waals surface area contributed by atoms with Gasteiger partial charge in [0.2, 0.25) is 5.75 Å². The van der Waals surface area contributed by atoms with Crippen LogP contribution in [-0.2, 0) is 0 Å². The normalized spacial score (nSPS) is 15.5. The van der Waals surface area contributed by atoms with Crippen molar-refractivity contribution in [2.45, 2.75) is 26.4 Å². The van der Waals surface area contributed by atoms with Gasteiger partial charge in [0, 0.05) is 5.56 Å². The molecule has 1 heterocycles. The zero-order valence-corrected chi connectivity index (χ0v) is 13.3. The van der Waals surface area contributed by atoms with E-state index in [-0.39, 0.29) is 5.75 Å². The lowest BCUT2D eigenvalue weighted by Gasteiger charge is -2.32. The summed E-state index contributed by atoms with van der Waals surface area (Å²) in [6, 6.07) is 11.9. The molecule has 0 aromatic heterocycles. The van der Waals surface area contributed by atoms with E-state index >= 15 is 0 Å². The molecule has 0 aliphatic carbocycles. The number of ether oxygens (including phenoxy) is 2. The van der Waals surface area contributed by atoms with Crippen molar-refractivity contribution in [1.29, 1.82) is 0 Å². The second-order valence-corrected chi connectivity index (χ2v) is 6.07. The molecule has 0 amide bonds. The fourth-order valence-corrected chi connectivity index (χ4v) is 2.85. The highest BCUT2D eigenvalue weighted by atomic mass is 16.5. The first-order chi connectivity index (χ1) is 10.4. The third-order valence-corrected chi connectivity index (χ3v) is 3.90. The number of aryl methyl sites for hydroxylation is 1. The van der Waals surface area contributed by atoms with Crippen molar-refractivity contribution in [2.24, 2.45) is 0 Å². The number of aromatic hydroxyl groups is 1. The van der Waals surface area contributed by atoms with E-state index in [0.29, 0.717) is 11.5 Å². The standard InChI is InChI=1S/C19H20O3/c1-12-7-5-6-8-13(12)15-11-19(2,3)22-18-14(15)9-10-16(21-4)17(18)20/h5-11,20H,1-4H3. The van der Waals surface area contributed by atoms with E-state index < -0.39 is 5.60 Å². The second kappa shape index (κ2) is 5.09. The summed E-state index contributed by atoms with van der Waals surface area (Å²) < 4.78 is 11.2. The van der Waals surface area contributed by atoms with Gasteiger partial charge in [-0.05, 0) is 55.7 Å². The van der Waals surface area contributed by atoms with Crippen LogP contribution in [0.5, 0.6) is 17.2 Å². The molecule has 2 aromatic carbocycles. The fourth-order valence-electron chi connectivity index (χ4n) is 2.85. The van der Waals surface area contributed by atoms with Crippen LogP contribution in [0, 0.1) is 6.92 Å². The van der Waals surface area contributed by atoms with Gasteiger partial charge in [-0.15, -0.1) is 0 Å². The first kappa shape index (κ1) is 14.5. The molecule has 2 aromatic rings. The molecule has 0 saturated heterocycles. The maximum atomic E-state index is 10.4. The van der Waals surface area contributed by atoms with Gasteiger partial charge in [-0.1, -0.05) is 24.3 Å². The minimum absolute atomic E-state index is 0.0484. The van der Waals surface area contributed by atoms with Crippen LogP contribution < -0.4 is 9.47 Å². The maximum Gasteiger partial charge on any atom is 0.201 e. The zero-order chi connectivity index (χ0) is 15.9. The average Bonchev–Trinajstić information content (AvgIpc) is 2.47. The molecule has 1 aliphatic heterocycles.